The van der Waals surface area contributed by atoms with Crippen LogP contribution in [0.15, 0.2) is 18.5 Å². The highest BCUT2D eigenvalue weighted by atomic mass is 16.3. The molecule has 0 saturated heterocycles. The molecule has 1 aromatic rings. The topological polar surface area (TPSA) is 37.2 Å². The van der Waals surface area contributed by atoms with E-state index < -0.39 is 0 Å². The van der Waals surface area contributed by atoms with Crippen molar-refractivity contribution < 1.29 is 5.11 Å². The van der Waals surface area contributed by atoms with Gasteiger partial charge in [0.2, 0.25) is 0 Å². The van der Waals surface area contributed by atoms with Gasteiger partial charge in [-0.3, -0.25) is 0 Å². The zero-order chi connectivity index (χ0) is 9.68. The molecule has 0 saturated carbocycles. The fourth-order valence-electron chi connectivity index (χ4n) is 1.21. The Kier molecular flexibility index (Phi) is 3.99. The summed E-state index contributed by atoms with van der Waals surface area (Å²) in [7, 11) is 2.01. The van der Waals surface area contributed by atoms with Gasteiger partial charge in [-0.1, -0.05) is 0 Å². The van der Waals surface area contributed by atoms with E-state index in [0.29, 0.717) is 0 Å². The number of aliphatic hydroxyl groups is 1. The van der Waals surface area contributed by atoms with Crippen molar-refractivity contribution >= 4 is 0 Å². The van der Waals surface area contributed by atoms with Crippen LogP contribution >= 0.6 is 0 Å². The Balaban J connectivity index is 2.13. The SMILES string of the molecule is CC(O)CCNCc1ccn(C)c1. The van der Waals surface area contributed by atoms with Crippen molar-refractivity contribution in [1.29, 1.82) is 0 Å². The first kappa shape index (κ1) is 10.3. The summed E-state index contributed by atoms with van der Waals surface area (Å²) in [6.45, 7) is 3.56. The average Bonchev–Trinajstić information content (AvgIpc) is 2.45. The minimum atomic E-state index is -0.205. The van der Waals surface area contributed by atoms with E-state index in [1.807, 2.05) is 24.7 Å². The molecular weight excluding hydrogens is 164 g/mol. The van der Waals surface area contributed by atoms with Gasteiger partial charge in [0.1, 0.15) is 0 Å². The van der Waals surface area contributed by atoms with Crippen LogP contribution in [-0.4, -0.2) is 22.3 Å². The molecule has 2 N–H and O–H groups in total. The first-order chi connectivity index (χ1) is 6.18. The van der Waals surface area contributed by atoms with E-state index in [1.165, 1.54) is 5.56 Å². The van der Waals surface area contributed by atoms with E-state index >= 15 is 0 Å². The van der Waals surface area contributed by atoms with Crippen molar-refractivity contribution in [1.82, 2.24) is 9.88 Å². The highest BCUT2D eigenvalue weighted by Gasteiger charge is 1.96. The molecule has 13 heavy (non-hydrogen) atoms. The van der Waals surface area contributed by atoms with E-state index in [4.69, 9.17) is 5.11 Å². The molecule has 3 nitrogen and oxygen atoms in total. The van der Waals surface area contributed by atoms with E-state index in [2.05, 4.69) is 17.6 Å². The van der Waals surface area contributed by atoms with Crippen LogP contribution in [-0.2, 0) is 13.6 Å². The second kappa shape index (κ2) is 5.04. The fourth-order valence-corrected chi connectivity index (χ4v) is 1.21. The summed E-state index contributed by atoms with van der Waals surface area (Å²) < 4.78 is 2.03. The van der Waals surface area contributed by atoms with Crippen molar-refractivity contribution in [2.45, 2.75) is 26.0 Å². The molecule has 1 atom stereocenters. The second-order valence-electron chi connectivity index (χ2n) is 3.50. The standard InChI is InChI=1S/C10H18N2O/c1-9(13)3-5-11-7-10-4-6-12(2)8-10/h4,6,8-9,11,13H,3,5,7H2,1-2H3. The Morgan fingerprint density at radius 2 is 2.38 bits per heavy atom. The molecule has 0 radical (unpaired) electrons. The first-order valence-electron chi connectivity index (χ1n) is 4.68. The third kappa shape index (κ3) is 4.10. The van der Waals surface area contributed by atoms with Crippen LogP contribution < -0.4 is 5.32 Å². The Morgan fingerprint density at radius 1 is 1.62 bits per heavy atom. The van der Waals surface area contributed by atoms with Crippen LogP contribution in [0.3, 0.4) is 0 Å². The minimum absolute atomic E-state index is 0.205. The molecule has 3 heteroatoms. The first-order valence-corrected chi connectivity index (χ1v) is 4.68. The molecule has 1 unspecified atom stereocenters. The molecular formula is C10H18N2O. The third-order valence-corrected chi connectivity index (χ3v) is 1.96. The monoisotopic (exact) mass is 182 g/mol. The lowest BCUT2D eigenvalue weighted by Crippen LogP contribution is -2.18. The number of hydrogen-bond acceptors (Lipinski definition) is 2. The van der Waals surface area contributed by atoms with Crippen LogP contribution in [0.4, 0.5) is 0 Å². The molecule has 0 aliphatic carbocycles. The quantitative estimate of drug-likeness (QED) is 0.663. The summed E-state index contributed by atoms with van der Waals surface area (Å²) in [5.41, 5.74) is 1.29. The molecule has 0 amide bonds. The summed E-state index contributed by atoms with van der Waals surface area (Å²) in [5, 5.41) is 12.3. The van der Waals surface area contributed by atoms with E-state index in [1.54, 1.807) is 0 Å². The van der Waals surface area contributed by atoms with Gasteiger partial charge < -0.3 is 15.0 Å². The van der Waals surface area contributed by atoms with E-state index in [0.717, 1.165) is 19.5 Å². The van der Waals surface area contributed by atoms with Gasteiger partial charge in [0.05, 0.1) is 6.10 Å². The summed E-state index contributed by atoms with van der Waals surface area (Å²) in [6, 6.07) is 2.09. The zero-order valence-electron chi connectivity index (χ0n) is 8.33. The third-order valence-electron chi connectivity index (χ3n) is 1.96. The Bertz CT molecular complexity index is 243. The number of nitrogens with one attached hydrogen (secondary N) is 1. The molecule has 74 valence electrons. The predicted molar refractivity (Wildman–Crippen MR) is 53.4 cm³/mol. The molecule has 1 heterocycles. The van der Waals surface area contributed by atoms with Crippen LogP contribution in [0.25, 0.3) is 0 Å². The van der Waals surface area contributed by atoms with E-state index in [-0.39, 0.29) is 6.10 Å². The molecule has 0 spiro atoms. The number of rotatable bonds is 5. The van der Waals surface area contributed by atoms with Crippen LogP contribution in [0.5, 0.6) is 0 Å². The number of aryl methyl sites for hydroxylation is 1. The van der Waals surface area contributed by atoms with Crippen molar-refractivity contribution in [3.05, 3.63) is 24.0 Å². The molecule has 0 fully saturated rings. The smallest absolute Gasteiger partial charge is 0.0524 e. The van der Waals surface area contributed by atoms with Gasteiger partial charge in [-0.2, -0.15) is 0 Å². The van der Waals surface area contributed by atoms with Crippen LogP contribution in [0.2, 0.25) is 0 Å². The van der Waals surface area contributed by atoms with Crippen molar-refractivity contribution in [3.8, 4) is 0 Å². The lowest BCUT2D eigenvalue weighted by atomic mass is 10.3. The van der Waals surface area contributed by atoms with Crippen molar-refractivity contribution in [3.63, 3.8) is 0 Å². The lowest BCUT2D eigenvalue weighted by Gasteiger charge is -2.04. The maximum Gasteiger partial charge on any atom is 0.0524 e. The number of hydrogen-bond donors (Lipinski definition) is 2. The molecule has 0 aliphatic rings. The van der Waals surface area contributed by atoms with Gasteiger partial charge >= 0.3 is 0 Å². The Morgan fingerprint density at radius 3 is 2.92 bits per heavy atom. The van der Waals surface area contributed by atoms with Gasteiger partial charge in [0, 0.05) is 26.0 Å². The van der Waals surface area contributed by atoms with Gasteiger partial charge in [0.25, 0.3) is 0 Å². The summed E-state index contributed by atoms with van der Waals surface area (Å²) in [6.07, 6.45) is 4.73. The van der Waals surface area contributed by atoms with E-state index in [9.17, 15) is 0 Å². The Hall–Kier alpha value is -0.800. The zero-order valence-corrected chi connectivity index (χ0v) is 8.33. The largest absolute Gasteiger partial charge is 0.393 e. The molecule has 1 rings (SSSR count). The highest BCUT2D eigenvalue weighted by Crippen LogP contribution is 1.98. The fraction of sp³-hybridized carbons (Fsp3) is 0.600. The number of aromatic nitrogens is 1. The average molecular weight is 182 g/mol. The van der Waals surface area contributed by atoms with Gasteiger partial charge in [0.15, 0.2) is 0 Å². The molecule has 1 aromatic heterocycles. The number of aliphatic hydroxyl groups excluding tert-OH is 1. The number of nitrogens with zero attached hydrogens (tertiary/aromatic N) is 1. The Labute approximate surface area is 79.4 Å². The predicted octanol–water partition coefficient (Wildman–Crippen LogP) is 0.886. The van der Waals surface area contributed by atoms with Gasteiger partial charge in [-0.15, -0.1) is 0 Å². The van der Waals surface area contributed by atoms with Crippen molar-refractivity contribution in [2.75, 3.05) is 6.54 Å². The van der Waals surface area contributed by atoms with Gasteiger partial charge in [-0.25, -0.2) is 0 Å². The lowest BCUT2D eigenvalue weighted by molar-refractivity contribution is 0.183. The highest BCUT2D eigenvalue weighted by molar-refractivity contribution is 5.09. The molecule has 0 aliphatic heterocycles. The minimum Gasteiger partial charge on any atom is -0.393 e. The van der Waals surface area contributed by atoms with Crippen LogP contribution in [0, 0.1) is 0 Å². The summed E-state index contributed by atoms with van der Waals surface area (Å²) >= 11 is 0. The maximum absolute atomic E-state index is 9.01. The normalized spacial score (nSPS) is 13.2. The van der Waals surface area contributed by atoms with Gasteiger partial charge in [-0.05, 0) is 31.5 Å². The second-order valence-corrected chi connectivity index (χ2v) is 3.50. The molecule has 0 bridgehead atoms. The maximum atomic E-state index is 9.01. The molecule has 0 aromatic carbocycles. The summed E-state index contributed by atoms with van der Waals surface area (Å²) in [5.74, 6) is 0. The summed E-state index contributed by atoms with van der Waals surface area (Å²) in [4.78, 5) is 0. The van der Waals surface area contributed by atoms with Crippen molar-refractivity contribution in [2.24, 2.45) is 7.05 Å². The van der Waals surface area contributed by atoms with Crippen LogP contribution in [0.1, 0.15) is 18.9 Å².